The molecular weight excluding hydrogens is 324 g/mol. The van der Waals surface area contributed by atoms with E-state index in [2.05, 4.69) is 0 Å². The van der Waals surface area contributed by atoms with E-state index in [9.17, 15) is 9.59 Å². The number of methoxy groups -OCH3 is 3. The summed E-state index contributed by atoms with van der Waals surface area (Å²) in [4.78, 5) is 25.2. The zero-order valence-electron chi connectivity index (χ0n) is 14.0. The zero-order chi connectivity index (χ0) is 18.0. The molecule has 128 valence electrons. The van der Waals surface area contributed by atoms with Gasteiger partial charge < -0.3 is 18.6 Å². The first-order valence-electron chi connectivity index (χ1n) is 7.47. The molecule has 3 aromatic rings. The smallest absolute Gasteiger partial charge is 0.347 e. The zero-order valence-corrected chi connectivity index (χ0v) is 14.0. The van der Waals surface area contributed by atoms with E-state index in [0.717, 1.165) is 0 Å². The van der Waals surface area contributed by atoms with Crippen LogP contribution in [0.2, 0.25) is 0 Å². The minimum absolute atomic E-state index is 0.0794. The molecule has 0 saturated carbocycles. The van der Waals surface area contributed by atoms with Crippen LogP contribution in [-0.2, 0) is 0 Å². The molecule has 0 aliphatic carbocycles. The molecule has 0 unspecified atom stereocenters. The van der Waals surface area contributed by atoms with Crippen LogP contribution in [0, 0.1) is 0 Å². The number of benzene rings is 2. The molecule has 6 nitrogen and oxygen atoms in total. The Kier molecular flexibility index (Phi) is 4.43. The van der Waals surface area contributed by atoms with Crippen molar-refractivity contribution in [3.63, 3.8) is 0 Å². The Labute approximate surface area is 143 Å². The Morgan fingerprint density at radius 3 is 2.28 bits per heavy atom. The first-order valence-corrected chi connectivity index (χ1v) is 7.47. The third-order valence-corrected chi connectivity index (χ3v) is 3.84. The van der Waals surface area contributed by atoms with Gasteiger partial charge in [0.05, 0.1) is 26.9 Å². The van der Waals surface area contributed by atoms with Gasteiger partial charge >= 0.3 is 5.63 Å². The van der Waals surface area contributed by atoms with E-state index in [1.54, 1.807) is 36.4 Å². The monoisotopic (exact) mass is 340 g/mol. The molecule has 25 heavy (non-hydrogen) atoms. The summed E-state index contributed by atoms with van der Waals surface area (Å²) in [5.41, 5.74) is -0.320. The van der Waals surface area contributed by atoms with Gasteiger partial charge in [0, 0.05) is 5.39 Å². The lowest BCUT2D eigenvalue weighted by Crippen LogP contribution is -2.15. The average Bonchev–Trinajstić information content (AvgIpc) is 2.65. The average molecular weight is 340 g/mol. The van der Waals surface area contributed by atoms with Crippen LogP contribution in [0.4, 0.5) is 0 Å². The van der Waals surface area contributed by atoms with E-state index < -0.39 is 11.4 Å². The lowest BCUT2D eigenvalue weighted by molar-refractivity contribution is 0.103. The number of carbonyl (C=O) groups excluding carboxylic acids is 1. The summed E-state index contributed by atoms with van der Waals surface area (Å²) in [6, 6.07) is 11.6. The summed E-state index contributed by atoms with van der Waals surface area (Å²) in [5.74, 6) is 0.650. The van der Waals surface area contributed by atoms with Crippen molar-refractivity contribution >= 4 is 16.8 Å². The van der Waals surface area contributed by atoms with Gasteiger partial charge in [-0.2, -0.15) is 0 Å². The molecule has 0 radical (unpaired) electrons. The standard InChI is InChI=1S/C19H16O6/c1-22-14-7-5-4-6-12(14)16(20)13-10-11-8-9-15(23-2)18(24-3)17(11)25-19(13)21/h4-10H,1-3H3. The van der Waals surface area contributed by atoms with Gasteiger partial charge in [0.25, 0.3) is 0 Å². The quantitative estimate of drug-likeness (QED) is 0.525. The molecule has 0 fully saturated rings. The third kappa shape index (κ3) is 2.82. The Hall–Kier alpha value is -3.28. The molecule has 1 aromatic heterocycles. The first-order chi connectivity index (χ1) is 12.1. The maximum atomic E-state index is 12.8. The fraction of sp³-hybridized carbons (Fsp3) is 0.158. The Balaban J connectivity index is 2.20. The van der Waals surface area contributed by atoms with Crippen LogP contribution < -0.4 is 19.8 Å². The van der Waals surface area contributed by atoms with Gasteiger partial charge in [-0.3, -0.25) is 4.79 Å². The molecule has 0 amide bonds. The highest BCUT2D eigenvalue weighted by molar-refractivity contribution is 6.11. The van der Waals surface area contributed by atoms with E-state index in [1.165, 1.54) is 27.4 Å². The van der Waals surface area contributed by atoms with Crippen molar-refractivity contribution in [3.8, 4) is 17.2 Å². The molecule has 6 heteroatoms. The number of ether oxygens (including phenoxy) is 3. The van der Waals surface area contributed by atoms with Crippen molar-refractivity contribution in [2.24, 2.45) is 0 Å². The number of hydrogen-bond donors (Lipinski definition) is 0. The van der Waals surface area contributed by atoms with Crippen LogP contribution >= 0.6 is 0 Å². The predicted molar refractivity (Wildman–Crippen MR) is 92.0 cm³/mol. The van der Waals surface area contributed by atoms with Crippen LogP contribution in [0.5, 0.6) is 17.2 Å². The molecule has 0 bridgehead atoms. The van der Waals surface area contributed by atoms with Crippen LogP contribution in [0.25, 0.3) is 11.0 Å². The van der Waals surface area contributed by atoms with Crippen molar-refractivity contribution in [3.05, 3.63) is 64.0 Å². The topological polar surface area (TPSA) is 75.0 Å². The number of rotatable bonds is 5. The summed E-state index contributed by atoms with van der Waals surface area (Å²) in [7, 11) is 4.40. The second-order valence-corrected chi connectivity index (χ2v) is 5.20. The van der Waals surface area contributed by atoms with E-state index >= 15 is 0 Å². The molecule has 3 rings (SSSR count). The normalized spacial score (nSPS) is 10.5. The lowest BCUT2D eigenvalue weighted by atomic mass is 10.0. The van der Waals surface area contributed by atoms with E-state index in [0.29, 0.717) is 22.6 Å². The molecular formula is C19H16O6. The van der Waals surface area contributed by atoms with Crippen molar-refractivity contribution in [1.82, 2.24) is 0 Å². The summed E-state index contributed by atoms with van der Waals surface area (Å²) in [5, 5.41) is 0.551. The minimum Gasteiger partial charge on any atom is -0.496 e. The molecule has 0 N–H and O–H groups in total. The number of carbonyl (C=O) groups is 1. The second-order valence-electron chi connectivity index (χ2n) is 5.20. The summed E-state index contributed by atoms with van der Waals surface area (Å²) in [6.07, 6.45) is 0. The number of para-hydroxylation sites is 1. The van der Waals surface area contributed by atoms with Gasteiger partial charge in [0.2, 0.25) is 11.5 Å². The highest BCUT2D eigenvalue weighted by Crippen LogP contribution is 2.35. The van der Waals surface area contributed by atoms with Crippen LogP contribution in [0.15, 0.2) is 51.7 Å². The lowest BCUT2D eigenvalue weighted by Gasteiger charge is -2.10. The Morgan fingerprint density at radius 1 is 0.880 bits per heavy atom. The number of fused-ring (bicyclic) bond motifs is 1. The molecule has 0 spiro atoms. The molecule has 0 saturated heterocycles. The maximum Gasteiger partial charge on any atom is 0.347 e. The highest BCUT2D eigenvalue weighted by Gasteiger charge is 2.21. The van der Waals surface area contributed by atoms with Gasteiger partial charge in [-0.05, 0) is 30.3 Å². The first kappa shape index (κ1) is 16.6. The van der Waals surface area contributed by atoms with Gasteiger partial charge in [0.15, 0.2) is 11.3 Å². The molecule has 0 aliphatic heterocycles. The van der Waals surface area contributed by atoms with Crippen molar-refractivity contribution < 1.29 is 23.4 Å². The maximum absolute atomic E-state index is 12.8. The van der Waals surface area contributed by atoms with Crippen LogP contribution in [0.1, 0.15) is 15.9 Å². The van der Waals surface area contributed by atoms with Crippen LogP contribution in [0.3, 0.4) is 0 Å². The molecule has 0 atom stereocenters. The third-order valence-electron chi connectivity index (χ3n) is 3.84. The van der Waals surface area contributed by atoms with E-state index in [1.807, 2.05) is 0 Å². The molecule has 0 aliphatic rings. The predicted octanol–water partition coefficient (Wildman–Crippen LogP) is 3.05. The number of hydrogen-bond acceptors (Lipinski definition) is 6. The minimum atomic E-state index is -0.755. The Bertz CT molecular complexity index is 1000. The largest absolute Gasteiger partial charge is 0.496 e. The van der Waals surface area contributed by atoms with Gasteiger partial charge in [0.1, 0.15) is 11.3 Å². The van der Waals surface area contributed by atoms with Gasteiger partial charge in [-0.25, -0.2) is 4.79 Å². The summed E-state index contributed by atoms with van der Waals surface area (Å²) < 4.78 is 21.0. The fourth-order valence-electron chi connectivity index (χ4n) is 2.63. The Morgan fingerprint density at radius 2 is 1.60 bits per heavy atom. The van der Waals surface area contributed by atoms with Gasteiger partial charge in [-0.15, -0.1) is 0 Å². The van der Waals surface area contributed by atoms with Crippen LogP contribution in [-0.4, -0.2) is 27.1 Å². The van der Waals surface area contributed by atoms with E-state index in [-0.39, 0.29) is 16.7 Å². The van der Waals surface area contributed by atoms with Crippen molar-refractivity contribution in [2.45, 2.75) is 0 Å². The summed E-state index contributed by atoms with van der Waals surface area (Å²) in [6.45, 7) is 0. The van der Waals surface area contributed by atoms with E-state index in [4.69, 9.17) is 18.6 Å². The molecule has 2 aromatic carbocycles. The van der Waals surface area contributed by atoms with Crippen molar-refractivity contribution in [1.29, 1.82) is 0 Å². The number of ketones is 1. The second kappa shape index (κ2) is 6.68. The van der Waals surface area contributed by atoms with Gasteiger partial charge in [-0.1, -0.05) is 12.1 Å². The summed E-state index contributed by atoms with van der Waals surface area (Å²) >= 11 is 0. The fourth-order valence-corrected chi connectivity index (χ4v) is 2.63. The van der Waals surface area contributed by atoms with Crippen molar-refractivity contribution in [2.75, 3.05) is 21.3 Å². The molecule has 1 heterocycles. The SMILES string of the molecule is COc1ccccc1C(=O)c1cc2ccc(OC)c(OC)c2oc1=O. The highest BCUT2D eigenvalue weighted by atomic mass is 16.5.